The first-order chi connectivity index (χ1) is 9.74. The van der Waals surface area contributed by atoms with E-state index < -0.39 is 0 Å². The highest BCUT2D eigenvalue weighted by atomic mass is 16.5. The van der Waals surface area contributed by atoms with Crippen LogP contribution in [0.3, 0.4) is 0 Å². The molecule has 1 heterocycles. The molecule has 0 aliphatic heterocycles. The number of hydrogen-bond acceptors (Lipinski definition) is 5. The Morgan fingerprint density at radius 2 is 1.95 bits per heavy atom. The summed E-state index contributed by atoms with van der Waals surface area (Å²) >= 11 is 0. The lowest BCUT2D eigenvalue weighted by atomic mass is 10.1. The Kier molecular flexibility index (Phi) is 4.73. The van der Waals surface area contributed by atoms with Crippen LogP contribution in [0.4, 0.5) is 0 Å². The Morgan fingerprint density at radius 3 is 2.60 bits per heavy atom. The van der Waals surface area contributed by atoms with E-state index in [1.165, 1.54) is 6.07 Å². The first-order valence-electron chi connectivity index (χ1n) is 6.10. The van der Waals surface area contributed by atoms with Gasteiger partial charge in [-0.15, -0.1) is 0 Å². The van der Waals surface area contributed by atoms with Gasteiger partial charge in [0.15, 0.2) is 11.5 Å². The first-order valence-corrected chi connectivity index (χ1v) is 6.10. The Hall–Kier alpha value is -2.34. The minimum absolute atomic E-state index is 0.236. The topological polar surface area (TPSA) is 73.4 Å². The van der Waals surface area contributed by atoms with E-state index >= 15 is 0 Å². The summed E-state index contributed by atoms with van der Waals surface area (Å²) in [6, 6.07) is 8.54. The lowest BCUT2D eigenvalue weighted by Crippen LogP contribution is -2.06. The summed E-state index contributed by atoms with van der Waals surface area (Å²) < 4.78 is 15.8. The van der Waals surface area contributed by atoms with Gasteiger partial charge in [-0.25, -0.2) is 5.10 Å². The van der Waals surface area contributed by atoms with Crippen molar-refractivity contribution in [2.75, 3.05) is 27.4 Å². The molecule has 0 amide bonds. The van der Waals surface area contributed by atoms with Gasteiger partial charge in [-0.2, -0.15) is 5.10 Å². The molecule has 0 spiro atoms. The molecule has 1 N–H and O–H groups in total. The van der Waals surface area contributed by atoms with Gasteiger partial charge < -0.3 is 14.2 Å². The molecule has 0 radical (unpaired) electrons. The van der Waals surface area contributed by atoms with E-state index in [0.29, 0.717) is 30.4 Å². The standard InChI is InChI=1S/C14H16N2O4/c1-18-7-8-20-12-5-3-10(9-13(12)19-2)11-4-6-14(17)16-15-11/h3-6,9H,7-8H2,1-2H3,(H,16,17). The van der Waals surface area contributed by atoms with E-state index in [4.69, 9.17) is 14.2 Å². The third-order valence-electron chi connectivity index (χ3n) is 2.68. The molecule has 20 heavy (non-hydrogen) atoms. The Labute approximate surface area is 116 Å². The van der Waals surface area contributed by atoms with Crippen LogP contribution >= 0.6 is 0 Å². The van der Waals surface area contributed by atoms with Crippen molar-refractivity contribution in [3.8, 4) is 22.8 Å². The molecule has 6 nitrogen and oxygen atoms in total. The summed E-state index contributed by atoms with van der Waals surface area (Å²) in [5, 5.41) is 6.37. The van der Waals surface area contributed by atoms with Gasteiger partial charge in [0.25, 0.3) is 5.56 Å². The van der Waals surface area contributed by atoms with Crippen LogP contribution in [0.1, 0.15) is 0 Å². The number of ether oxygens (including phenoxy) is 3. The largest absolute Gasteiger partial charge is 0.493 e. The quantitative estimate of drug-likeness (QED) is 0.809. The zero-order valence-corrected chi connectivity index (χ0v) is 11.4. The molecule has 0 saturated carbocycles. The number of methoxy groups -OCH3 is 2. The molecule has 0 aliphatic carbocycles. The van der Waals surface area contributed by atoms with Crippen LogP contribution < -0.4 is 15.0 Å². The number of hydrogen-bond donors (Lipinski definition) is 1. The van der Waals surface area contributed by atoms with E-state index in [1.807, 2.05) is 12.1 Å². The molecule has 0 fully saturated rings. The highest BCUT2D eigenvalue weighted by Gasteiger charge is 2.08. The van der Waals surface area contributed by atoms with Crippen LogP contribution in [0.2, 0.25) is 0 Å². The first kappa shape index (κ1) is 14.1. The number of aromatic nitrogens is 2. The van der Waals surface area contributed by atoms with Gasteiger partial charge in [0.05, 0.1) is 19.4 Å². The van der Waals surface area contributed by atoms with Crippen LogP contribution in [-0.2, 0) is 4.74 Å². The molecule has 106 valence electrons. The molecule has 1 aromatic heterocycles. The average molecular weight is 276 g/mol. The van der Waals surface area contributed by atoms with Crippen LogP contribution in [-0.4, -0.2) is 37.6 Å². The van der Waals surface area contributed by atoms with Gasteiger partial charge in [-0.05, 0) is 24.3 Å². The van der Waals surface area contributed by atoms with E-state index in [9.17, 15) is 4.79 Å². The third kappa shape index (κ3) is 3.36. The second-order valence-electron chi connectivity index (χ2n) is 4.01. The van der Waals surface area contributed by atoms with E-state index in [-0.39, 0.29) is 5.56 Å². The summed E-state index contributed by atoms with van der Waals surface area (Å²) in [5.74, 6) is 1.24. The van der Waals surface area contributed by atoms with Crippen molar-refractivity contribution in [1.82, 2.24) is 10.2 Å². The summed E-state index contributed by atoms with van der Waals surface area (Å²) in [6.07, 6.45) is 0. The Bertz CT molecular complexity index is 604. The van der Waals surface area contributed by atoms with Crippen LogP contribution in [0, 0.1) is 0 Å². The molecule has 1 aromatic carbocycles. The Morgan fingerprint density at radius 1 is 1.10 bits per heavy atom. The van der Waals surface area contributed by atoms with Crippen molar-refractivity contribution in [3.63, 3.8) is 0 Å². The second kappa shape index (κ2) is 6.72. The molecular formula is C14H16N2O4. The van der Waals surface area contributed by atoms with Crippen molar-refractivity contribution in [1.29, 1.82) is 0 Å². The van der Waals surface area contributed by atoms with E-state index in [0.717, 1.165) is 5.56 Å². The van der Waals surface area contributed by atoms with Crippen LogP contribution in [0.25, 0.3) is 11.3 Å². The van der Waals surface area contributed by atoms with E-state index in [1.54, 1.807) is 26.4 Å². The van der Waals surface area contributed by atoms with E-state index in [2.05, 4.69) is 10.2 Å². The van der Waals surface area contributed by atoms with Gasteiger partial charge in [-0.3, -0.25) is 4.79 Å². The van der Waals surface area contributed by atoms with Crippen molar-refractivity contribution in [2.45, 2.75) is 0 Å². The lowest BCUT2D eigenvalue weighted by Gasteiger charge is -2.11. The predicted molar refractivity (Wildman–Crippen MR) is 74.2 cm³/mol. The minimum Gasteiger partial charge on any atom is -0.493 e. The zero-order valence-electron chi connectivity index (χ0n) is 11.4. The van der Waals surface area contributed by atoms with Crippen LogP contribution in [0.5, 0.6) is 11.5 Å². The molecule has 0 unspecified atom stereocenters. The van der Waals surface area contributed by atoms with Gasteiger partial charge >= 0.3 is 0 Å². The molecular weight excluding hydrogens is 260 g/mol. The summed E-state index contributed by atoms with van der Waals surface area (Å²) in [4.78, 5) is 11.0. The highest BCUT2D eigenvalue weighted by Crippen LogP contribution is 2.31. The average Bonchev–Trinajstić information content (AvgIpc) is 2.48. The summed E-state index contributed by atoms with van der Waals surface area (Å²) in [7, 11) is 3.19. The van der Waals surface area contributed by atoms with Crippen molar-refractivity contribution in [2.24, 2.45) is 0 Å². The molecule has 0 aliphatic rings. The van der Waals surface area contributed by atoms with Gasteiger partial charge in [0.1, 0.15) is 6.61 Å². The van der Waals surface area contributed by atoms with Gasteiger partial charge in [0.2, 0.25) is 0 Å². The minimum atomic E-state index is -0.236. The number of rotatable bonds is 6. The monoisotopic (exact) mass is 276 g/mol. The maximum Gasteiger partial charge on any atom is 0.264 e. The maximum absolute atomic E-state index is 11.0. The Balaban J connectivity index is 2.24. The molecule has 2 rings (SSSR count). The fourth-order valence-electron chi connectivity index (χ4n) is 1.69. The zero-order chi connectivity index (χ0) is 14.4. The van der Waals surface area contributed by atoms with Crippen LogP contribution in [0.15, 0.2) is 35.1 Å². The fourth-order valence-corrected chi connectivity index (χ4v) is 1.69. The molecule has 6 heteroatoms. The van der Waals surface area contributed by atoms with Crippen molar-refractivity contribution in [3.05, 3.63) is 40.7 Å². The predicted octanol–water partition coefficient (Wildman–Crippen LogP) is 1.47. The number of nitrogens with zero attached hydrogens (tertiary/aromatic N) is 1. The molecule has 0 saturated heterocycles. The number of nitrogens with one attached hydrogen (secondary N) is 1. The second-order valence-corrected chi connectivity index (χ2v) is 4.01. The summed E-state index contributed by atoms with van der Waals surface area (Å²) in [6.45, 7) is 0.954. The number of aromatic amines is 1. The SMILES string of the molecule is COCCOc1ccc(-c2ccc(=O)[nH]n2)cc1OC. The number of benzene rings is 1. The maximum atomic E-state index is 11.0. The highest BCUT2D eigenvalue weighted by molar-refractivity contribution is 5.63. The van der Waals surface area contributed by atoms with Gasteiger partial charge in [-0.1, -0.05) is 0 Å². The third-order valence-corrected chi connectivity index (χ3v) is 2.68. The van der Waals surface area contributed by atoms with Crippen molar-refractivity contribution < 1.29 is 14.2 Å². The summed E-state index contributed by atoms with van der Waals surface area (Å²) in [5.41, 5.74) is 1.25. The number of H-pyrrole nitrogens is 1. The van der Waals surface area contributed by atoms with Crippen molar-refractivity contribution >= 4 is 0 Å². The molecule has 2 aromatic rings. The smallest absolute Gasteiger partial charge is 0.264 e. The lowest BCUT2D eigenvalue weighted by molar-refractivity contribution is 0.144. The van der Waals surface area contributed by atoms with Gasteiger partial charge in [0, 0.05) is 18.7 Å². The normalized spacial score (nSPS) is 10.3. The molecule has 0 atom stereocenters. The fraction of sp³-hybridized carbons (Fsp3) is 0.286. The molecule has 0 bridgehead atoms.